The van der Waals surface area contributed by atoms with E-state index in [1.54, 1.807) is 12.1 Å². The minimum Gasteiger partial charge on any atom is -0.288 e. The molecule has 0 unspecified atom stereocenters. The zero-order valence-corrected chi connectivity index (χ0v) is 13.1. The summed E-state index contributed by atoms with van der Waals surface area (Å²) in [4.78, 5) is 24.8. The molecular weight excluding hydrogens is 375 g/mol. The zero-order chi connectivity index (χ0) is 13.4. The number of Topliss-reactive ketones (excluding diaryl/α,β-unsaturated/α-hetero) is 1. The van der Waals surface area contributed by atoms with Crippen molar-refractivity contribution >= 4 is 45.4 Å². The molecule has 1 aromatic rings. The lowest BCUT2D eigenvalue weighted by Crippen LogP contribution is -2.25. The lowest BCUT2D eigenvalue weighted by atomic mass is 9.88. The number of halogens is 2. The van der Waals surface area contributed by atoms with Gasteiger partial charge in [-0.2, -0.15) is 0 Å². The minimum atomic E-state index is -0.861. The van der Waals surface area contributed by atoms with Gasteiger partial charge in [0.15, 0.2) is 5.78 Å². The van der Waals surface area contributed by atoms with E-state index >= 15 is 0 Å². The van der Waals surface area contributed by atoms with Crippen LogP contribution >= 0.6 is 32.3 Å². The molecule has 0 atom stereocenters. The van der Waals surface area contributed by atoms with Gasteiger partial charge in [-0.05, 0) is 64.1 Å². The summed E-state index contributed by atoms with van der Waals surface area (Å²) in [6.45, 7) is 0. The molecule has 2 nitrogen and oxygen atoms in total. The zero-order valence-electron chi connectivity index (χ0n) is 10.2. The van der Waals surface area contributed by atoms with Crippen molar-refractivity contribution in [3.8, 4) is 0 Å². The fourth-order valence-corrected chi connectivity index (χ4v) is 5.25. The van der Waals surface area contributed by atoms with Crippen molar-refractivity contribution < 1.29 is 9.59 Å². The quantitative estimate of drug-likeness (QED) is 0.543. The smallest absolute Gasteiger partial charge is 0.213 e. The van der Waals surface area contributed by atoms with E-state index in [0.717, 1.165) is 45.9 Å². The van der Waals surface area contributed by atoms with E-state index in [0.29, 0.717) is 5.02 Å². The summed E-state index contributed by atoms with van der Waals surface area (Å²) in [6.07, 6.45) is 3.62. The Hall–Kier alpha value is -0.810. The molecule has 1 aromatic carbocycles. The highest BCUT2D eigenvalue weighted by atomic mass is 127. The Morgan fingerprint density at radius 1 is 0.947 bits per heavy atom. The first-order valence-electron chi connectivity index (χ1n) is 6.25. The molecule has 0 spiro atoms. The Morgan fingerprint density at radius 2 is 1.58 bits per heavy atom. The van der Waals surface area contributed by atoms with Gasteiger partial charge in [-0.25, -0.2) is 0 Å². The summed E-state index contributed by atoms with van der Waals surface area (Å²) in [5.74, 6) is 0.115. The molecule has 1 heterocycles. The third-order valence-electron chi connectivity index (χ3n) is 3.46. The Kier molecular flexibility index (Phi) is 3.67. The number of carbonyl (C=O) groups is 2. The third-order valence-corrected chi connectivity index (χ3v) is 6.50. The van der Waals surface area contributed by atoms with Crippen LogP contribution in [0.1, 0.15) is 31.2 Å². The highest BCUT2D eigenvalue weighted by Crippen LogP contribution is 2.35. The summed E-state index contributed by atoms with van der Waals surface area (Å²) in [6, 6.07) is 7.24. The highest BCUT2D eigenvalue weighted by molar-refractivity contribution is 14.2. The summed E-state index contributed by atoms with van der Waals surface area (Å²) in [5, 5.41) is 0.648. The lowest BCUT2D eigenvalue weighted by Gasteiger charge is -2.22. The molecule has 1 aliphatic carbocycles. The van der Waals surface area contributed by atoms with Crippen molar-refractivity contribution in [1.29, 1.82) is 0 Å². The van der Waals surface area contributed by atoms with E-state index in [2.05, 4.69) is 0 Å². The van der Waals surface area contributed by atoms with Crippen molar-refractivity contribution in [1.82, 2.24) is 0 Å². The maximum absolute atomic E-state index is 12.5. The normalized spacial score (nSPS) is 19.7. The van der Waals surface area contributed by atoms with Crippen LogP contribution < -0.4 is 0 Å². The van der Waals surface area contributed by atoms with Crippen molar-refractivity contribution in [2.75, 3.05) is 0 Å². The topological polar surface area (TPSA) is 34.1 Å². The Bertz CT molecular complexity index is 626. The van der Waals surface area contributed by atoms with Gasteiger partial charge in [0.25, 0.3) is 0 Å². The van der Waals surface area contributed by atoms with Gasteiger partial charge in [-0.15, -0.1) is 0 Å². The summed E-state index contributed by atoms with van der Waals surface area (Å²) in [7, 11) is 0. The Morgan fingerprint density at radius 3 is 2.26 bits per heavy atom. The summed E-state index contributed by atoms with van der Waals surface area (Å²) in [5.41, 5.74) is 2.49. The van der Waals surface area contributed by atoms with Gasteiger partial charge in [-0.1, -0.05) is 23.7 Å². The second-order valence-electron chi connectivity index (χ2n) is 4.68. The third kappa shape index (κ3) is 2.46. The van der Waals surface area contributed by atoms with E-state index in [-0.39, 0.29) is 9.57 Å². The largest absolute Gasteiger partial charge is 0.288 e. The van der Waals surface area contributed by atoms with E-state index in [1.165, 1.54) is 0 Å². The molecule has 0 saturated heterocycles. The van der Waals surface area contributed by atoms with Gasteiger partial charge >= 0.3 is 0 Å². The number of allylic oxidation sites excluding steroid dienone is 2. The van der Waals surface area contributed by atoms with Crippen LogP contribution in [-0.4, -0.2) is 13.1 Å². The van der Waals surface area contributed by atoms with Crippen LogP contribution in [0.3, 0.4) is 0 Å². The van der Waals surface area contributed by atoms with E-state index in [1.807, 2.05) is 12.1 Å². The molecule has 0 fully saturated rings. The summed E-state index contributed by atoms with van der Waals surface area (Å²) >= 11 is 5.00. The van der Waals surface area contributed by atoms with Gasteiger partial charge in [0.2, 0.25) is 3.79 Å². The fourth-order valence-electron chi connectivity index (χ4n) is 2.47. The van der Waals surface area contributed by atoms with Gasteiger partial charge in [0, 0.05) is 16.2 Å². The highest BCUT2D eigenvalue weighted by Gasteiger charge is 2.30. The van der Waals surface area contributed by atoms with Crippen LogP contribution in [0.15, 0.2) is 35.4 Å². The molecule has 0 amide bonds. The molecule has 3 rings (SSSR count). The molecule has 98 valence electrons. The molecule has 1 aliphatic heterocycles. The SMILES string of the molecule is O=C1I=C(c2ccc(Cl)cc2)C(=O)C2=C1CCCC2. The predicted molar refractivity (Wildman–Crippen MR) is 85.1 cm³/mol. The maximum atomic E-state index is 12.5. The van der Waals surface area contributed by atoms with Gasteiger partial charge in [-0.3, -0.25) is 9.59 Å². The van der Waals surface area contributed by atoms with Crippen LogP contribution in [0.4, 0.5) is 0 Å². The average Bonchev–Trinajstić information content (AvgIpc) is 2.44. The number of benzene rings is 1. The van der Waals surface area contributed by atoms with Crippen LogP contribution in [-0.2, 0) is 9.59 Å². The van der Waals surface area contributed by atoms with Gasteiger partial charge in [0.1, 0.15) is 0 Å². The van der Waals surface area contributed by atoms with E-state index in [4.69, 9.17) is 11.6 Å². The monoisotopic (exact) mass is 386 g/mol. The van der Waals surface area contributed by atoms with Crippen molar-refractivity contribution in [2.45, 2.75) is 25.7 Å². The Balaban J connectivity index is 2.03. The Labute approximate surface area is 126 Å². The van der Waals surface area contributed by atoms with Gasteiger partial charge < -0.3 is 0 Å². The number of ketones is 1. The number of rotatable bonds is 1. The molecule has 0 N–H and O–H groups in total. The first-order valence-corrected chi connectivity index (χ1v) is 8.79. The molecular formula is C15H12ClIO2. The second kappa shape index (κ2) is 5.29. The fraction of sp³-hybridized carbons (Fsp3) is 0.267. The van der Waals surface area contributed by atoms with Crippen LogP contribution in [0.5, 0.6) is 0 Å². The first kappa shape index (κ1) is 13.2. The molecule has 0 aromatic heterocycles. The number of carbonyl (C=O) groups excluding carboxylic acids is 2. The number of hydrogen-bond acceptors (Lipinski definition) is 2. The minimum absolute atomic E-state index is 0.115. The van der Waals surface area contributed by atoms with Crippen LogP contribution in [0.2, 0.25) is 5.02 Å². The molecule has 4 heteroatoms. The van der Waals surface area contributed by atoms with Crippen LogP contribution in [0.25, 0.3) is 0 Å². The predicted octanol–water partition coefficient (Wildman–Crippen LogP) is 3.81. The molecule has 0 bridgehead atoms. The molecule has 19 heavy (non-hydrogen) atoms. The standard InChI is InChI=1S/C15H12ClIO2/c16-10-7-5-9(6-8-10)13-14(18)11-3-1-2-4-12(11)15(19)17-13/h5-8H,1-4H2. The average molecular weight is 387 g/mol. The van der Waals surface area contributed by atoms with E-state index < -0.39 is 20.7 Å². The first-order chi connectivity index (χ1) is 9.16. The van der Waals surface area contributed by atoms with Crippen molar-refractivity contribution in [3.63, 3.8) is 0 Å². The second-order valence-corrected chi connectivity index (χ2v) is 7.72. The van der Waals surface area contributed by atoms with Crippen molar-refractivity contribution in [3.05, 3.63) is 46.0 Å². The molecule has 0 saturated carbocycles. The van der Waals surface area contributed by atoms with E-state index in [9.17, 15) is 9.59 Å². The lowest BCUT2D eigenvalue weighted by molar-refractivity contribution is -0.111. The van der Waals surface area contributed by atoms with Crippen LogP contribution in [0, 0.1) is 0 Å². The van der Waals surface area contributed by atoms with Gasteiger partial charge in [0.05, 0.1) is 3.51 Å². The summed E-state index contributed by atoms with van der Waals surface area (Å²) < 4.78 is 0.971. The number of hydrogen-bond donors (Lipinski definition) is 0. The molecule has 0 radical (unpaired) electrons. The van der Waals surface area contributed by atoms with Crippen molar-refractivity contribution in [2.24, 2.45) is 0 Å². The molecule has 2 aliphatic rings. The maximum Gasteiger partial charge on any atom is 0.213 e.